The molecule has 0 aromatic heterocycles. The van der Waals surface area contributed by atoms with Crippen LogP contribution in [0.5, 0.6) is 5.75 Å². The van der Waals surface area contributed by atoms with Gasteiger partial charge >= 0.3 is 5.97 Å². The van der Waals surface area contributed by atoms with E-state index in [1.54, 1.807) is 34.0 Å². The van der Waals surface area contributed by atoms with Crippen LogP contribution in [0, 0.1) is 17.8 Å². The number of guanidine groups is 1. The highest BCUT2D eigenvalue weighted by atomic mass is 32.2. The average molecular weight is 1320 g/mol. The zero-order chi connectivity index (χ0) is 69.8. The molecular formula is C58H97N17O16S. The van der Waals surface area contributed by atoms with E-state index < -0.39 is 181 Å². The minimum absolute atomic E-state index is 0.0166. The van der Waals surface area contributed by atoms with Gasteiger partial charge in [0, 0.05) is 26.3 Å². The number of hydrogen-bond donors (Lipinski definition) is 18. The lowest BCUT2D eigenvalue weighted by Crippen LogP contribution is -2.61. The Balaban J connectivity index is 3.23. The average Bonchev–Trinajstić information content (AvgIpc) is 1.06. The first-order chi connectivity index (χ1) is 43.2. The van der Waals surface area contributed by atoms with E-state index in [1.165, 1.54) is 49.9 Å². The number of nitrogens with two attached hydrogens (primary N) is 4. The standard InChI is InChI=1S/C58H97N17O16S/c1-30(2)25-41(68-34(8)76)52(86)65-28-44(79)69-38(14-12-23-63-58(61)62)51(85)64-27-43(78)67-33(7)50(84)73-42(26-35-15-17-36(77)18-16-35)53(87)66-29-45(80)74-47(31(3)4)57(91)75-48(32(5)6)56(90)72-40(19-20-46(81)82)55(89)71-39(13-10-11-22-59)54(88)70-37(49(60)83)21-24-92-9/h15-18,30-33,37-42,47-48,77H,10-14,19-29,59H2,1-9H3,(H2,60,83)(H,64,85)(H,65,86)(H,66,87)(H,67,78)(H,68,76)(H,69,79)(H,70,88)(H,71,89)(H,72,90)(H,73,84)(H,74,80)(H,75,91)(H,81,82)(H4,61,62,63)/t33-,37-,38-,39-,40-,41-,42-,47-,48-/m0/s1. The number of nitrogens with zero attached hydrogens (tertiary/aromatic N) is 1. The van der Waals surface area contributed by atoms with E-state index in [2.05, 4.69) is 68.8 Å². The molecule has 0 radical (unpaired) electrons. The van der Waals surface area contributed by atoms with Crippen molar-refractivity contribution in [2.45, 2.75) is 174 Å². The summed E-state index contributed by atoms with van der Waals surface area (Å²) < 4.78 is 0. The monoisotopic (exact) mass is 1320 g/mol. The molecule has 13 amide bonds. The topological polar surface area (TPSA) is 540 Å². The molecule has 516 valence electrons. The Bertz CT molecular complexity index is 2700. The summed E-state index contributed by atoms with van der Waals surface area (Å²) in [4.78, 5) is 188. The predicted molar refractivity (Wildman–Crippen MR) is 341 cm³/mol. The van der Waals surface area contributed by atoms with E-state index in [1.807, 2.05) is 13.8 Å². The van der Waals surface area contributed by atoms with Crippen LogP contribution in [0.2, 0.25) is 0 Å². The van der Waals surface area contributed by atoms with E-state index in [-0.39, 0.29) is 69.2 Å². The Morgan fingerprint density at radius 1 is 0.511 bits per heavy atom. The summed E-state index contributed by atoms with van der Waals surface area (Å²) in [5.74, 6) is -13.0. The van der Waals surface area contributed by atoms with Crippen LogP contribution in [0.4, 0.5) is 0 Å². The molecule has 0 bridgehead atoms. The maximum Gasteiger partial charge on any atom is 0.303 e. The Kier molecular flexibility index (Phi) is 38.0. The van der Waals surface area contributed by atoms with Crippen LogP contribution in [0.1, 0.15) is 119 Å². The number of carboxylic acids is 1. The van der Waals surface area contributed by atoms with Crippen molar-refractivity contribution < 1.29 is 77.3 Å². The first-order valence-electron chi connectivity index (χ1n) is 30.2. The molecular weight excluding hydrogens is 1220 g/mol. The van der Waals surface area contributed by atoms with Gasteiger partial charge in [0.15, 0.2) is 5.96 Å². The van der Waals surface area contributed by atoms with Crippen molar-refractivity contribution >= 4 is 100 Å². The minimum Gasteiger partial charge on any atom is -0.508 e. The molecule has 22 N–H and O–H groups in total. The van der Waals surface area contributed by atoms with Crippen LogP contribution in [-0.2, 0) is 73.5 Å². The van der Waals surface area contributed by atoms with Gasteiger partial charge in [0.1, 0.15) is 60.1 Å². The highest BCUT2D eigenvalue weighted by Gasteiger charge is 2.35. The van der Waals surface area contributed by atoms with Crippen molar-refractivity contribution in [2.75, 3.05) is 44.7 Å². The Labute approximate surface area is 539 Å². The number of carboxylic acid groups (broad SMARTS) is 1. The number of phenols is 1. The van der Waals surface area contributed by atoms with Crippen molar-refractivity contribution in [1.82, 2.24) is 63.8 Å². The highest BCUT2D eigenvalue weighted by molar-refractivity contribution is 7.98. The second-order valence-corrected chi connectivity index (χ2v) is 23.9. The SMILES string of the molecule is CSCC[C@H](NC(=O)[C@H](CCCCN)NC(=O)[C@H](CCC(=O)O)NC(=O)[C@@H](NC(=O)[C@@H](NC(=O)CNC(=O)[C@H](Cc1ccc(O)cc1)NC(=O)[C@H](C)NC(=O)CNC(=O)[C@H](CCCN=C(N)N)NC(=O)CNC(=O)[C@H](CC(C)C)NC(C)=O)C(C)C)C(C)C)C(N)=O. The van der Waals surface area contributed by atoms with Crippen LogP contribution in [0.15, 0.2) is 29.3 Å². The molecule has 34 heteroatoms. The summed E-state index contributed by atoms with van der Waals surface area (Å²) in [6, 6.07) is -5.99. The summed E-state index contributed by atoms with van der Waals surface area (Å²) in [7, 11) is 0. The number of nitrogens with one attached hydrogen (secondary N) is 12. The van der Waals surface area contributed by atoms with Gasteiger partial charge in [-0.15, -0.1) is 0 Å². The van der Waals surface area contributed by atoms with Crippen molar-refractivity contribution in [2.24, 2.45) is 45.7 Å². The largest absolute Gasteiger partial charge is 0.508 e. The number of amides is 13. The zero-order valence-electron chi connectivity index (χ0n) is 53.8. The lowest BCUT2D eigenvalue weighted by atomic mass is 9.99. The van der Waals surface area contributed by atoms with Gasteiger partial charge in [-0.3, -0.25) is 72.1 Å². The number of hydrogen-bond acceptors (Lipinski definition) is 18. The Morgan fingerprint density at radius 3 is 1.49 bits per heavy atom. The number of benzene rings is 1. The summed E-state index contributed by atoms with van der Waals surface area (Å²) >= 11 is 1.41. The summed E-state index contributed by atoms with van der Waals surface area (Å²) in [5.41, 5.74) is 22.4. The number of rotatable bonds is 44. The van der Waals surface area contributed by atoms with Gasteiger partial charge in [-0.05, 0) is 112 Å². The van der Waals surface area contributed by atoms with Gasteiger partial charge < -0.3 is 96.9 Å². The Morgan fingerprint density at radius 2 is 0.978 bits per heavy atom. The van der Waals surface area contributed by atoms with Gasteiger partial charge in [0.05, 0.1) is 19.6 Å². The number of carbonyl (C=O) groups excluding carboxylic acids is 13. The first kappa shape index (κ1) is 81.2. The molecule has 0 aliphatic rings. The van der Waals surface area contributed by atoms with Crippen LogP contribution in [-0.4, -0.2) is 198 Å². The fourth-order valence-corrected chi connectivity index (χ4v) is 9.20. The van der Waals surface area contributed by atoms with Crippen LogP contribution >= 0.6 is 11.8 Å². The molecule has 1 aromatic carbocycles. The van der Waals surface area contributed by atoms with E-state index >= 15 is 0 Å². The molecule has 92 heavy (non-hydrogen) atoms. The number of primary amides is 1. The van der Waals surface area contributed by atoms with Crippen LogP contribution < -0.4 is 86.7 Å². The molecule has 9 atom stereocenters. The maximum atomic E-state index is 14.0. The normalized spacial score (nSPS) is 13.9. The minimum atomic E-state index is -1.55. The van der Waals surface area contributed by atoms with Crippen molar-refractivity contribution in [3.63, 3.8) is 0 Å². The maximum absolute atomic E-state index is 14.0. The van der Waals surface area contributed by atoms with E-state index in [0.29, 0.717) is 24.2 Å². The number of carbonyl (C=O) groups is 14. The molecule has 0 saturated heterocycles. The predicted octanol–water partition coefficient (Wildman–Crippen LogP) is -4.67. The number of thioether (sulfide) groups is 1. The molecule has 0 fully saturated rings. The molecule has 0 unspecified atom stereocenters. The fourth-order valence-electron chi connectivity index (χ4n) is 8.73. The molecule has 0 aliphatic heterocycles. The molecule has 33 nitrogen and oxygen atoms in total. The van der Waals surface area contributed by atoms with Gasteiger partial charge in [-0.1, -0.05) is 53.7 Å². The third-order valence-corrected chi connectivity index (χ3v) is 14.3. The van der Waals surface area contributed by atoms with Gasteiger partial charge in [0.25, 0.3) is 0 Å². The number of aliphatic carboxylic acids is 1. The van der Waals surface area contributed by atoms with Crippen LogP contribution in [0.3, 0.4) is 0 Å². The third-order valence-electron chi connectivity index (χ3n) is 13.7. The molecule has 1 aromatic rings. The van der Waals surface area contributed by atoms with Gasteiger partial charge in [-0.25, -0.2) is 0 Å². The highest BCUT2D eigenvalue weighted by Crippen LogP contribution is 2.14. The molecule has 0 spiro atoms. The Hall–Kier alpha value is -8.82. The molecule has 0 heterocycles. The van der Waals surface area contributed by atoms with Gasteiger partial charge in [0.2, 0.25) is 76.8 Å². The zero-order valence-corrected chi connectivity index (χ0v) is 54.6. The third kappa shape index (κ3) is 33.3. The van der Waals surface area contributed by atoms with Crippen molar-refractivity contribution in [3.8, 4) is 5.75 Å². The summed E-state index contributed by atoms with van der Waals surface area (Å²) in [6.45, 7) is 10.8. The number of aliphatic imine (C=N–C) groups is 1. The second-order valence-electron chi connectivity index (χ2n) is 22.9. The first-order valence-corrected chi connectivity index (χ1v) is 31.6. The van der Waals surface area contributed by atoms with E-state index in [0.717, 1.165) is 0 Å². The summed E-state index contributed by atoms with van der Waals surface area (Å²) in [6.07, 6.45) is 2.07. The van der Waals surface area contributed by atoms with Crippen LogP contribution in [0.25, 0.3) is 0 Å². The van der Waals surface area contributed by atoms with E-state index in [9.17, 15) is 77.3 Å². The smallest absolute Gasteiger partial charge is 0.303 e. The lowest BCUT2D eigenvalue weighted by Gasteiger charge is -2.29. The van der Waals surface area contributed by atoms with Gasteiger partial charge in [-0.2, -0.15) is 11.8 Å². The molecule has 1 rings (SSSR count). The number of phenolic OH excluding ortho intramolecular Hbond substituents is 1. The quantitative estimate of drug-likeness (QED) is 0.0166. The van der Waals surface area contributed by atoms with Crippen molar-refractivity contribution in [3.05, 3.63) is 29.8 Å². The second kappa shape index (κ2) is 43.0. The number of unbranched alkanes of at least 4 members (excludes halogenated alkanes) is 1. The van der Waals surface area contributed by atoms with E-state index in [4.69, 9.17) is 22.9 Å². The number of aromatic hydroxyl groups is 1. The summed E-state index contributed by atoms with van der Waals surface area (Å²) in [5, 5.41) is 49.3. The van der Waals surface area contributed by atoms with Crippen molar-refractivity contribution in [1.29, 1.82) is 0 Å². The molecule has 0 aliphatic carbocycles. The molecule has 0 saturated carbocycles. The fraction of sp³-hybridized carbons (Fsp3) is 0.638. The lowest BCUT2D eigenvalue weighted by molar-refractivity contribution is -0.139.